The largest absolute Gasteiger partial charge is 0.0876 e. The van der Waals surface area contributed by atoms with Gasteiger partial charge >= 0.3 is 0 Å². The van der Waals surface area contributed by atoms with Crippen LogP contribution in [0.3, 0.4) is 0 Å². The predicted octanol–water partition coefficient (Wildman–Crippen LogP) is 4.00. The van der Waals surface area contributed by atoms with Crippen LogP contribution in [0.4, 0.5) is 0 Å². The van der Waals surface area contributed by atoms with Crippen molar-refractivity contribution in [1.82, 2.24) is 0 Å². The maximum absolute atomic E-state index is 3.44. The van der Waals surface area contributed by atoms with Crippen LogP contribution in [0.1, 0.15) is 25.0 Å². The molecule has 0 atom stereocenters. The van der Waals surface area contributed by atoms with Crippen LogP contribution in [0, 0.1) is 0 Å². The molecule has 1 aromatic carbocycles. The smallest absolute Gasteiger partial charge is 0.0283 e. The maximum Gasteiger partial charge on any atom is 0.0283 e. The molecule has 0 saturated heterocycles. The molecule has 1 heteroatoms. The highest BCUT2D eigenvalue weighted by molar-refractivity contribution is 9.08. The van der Waals surface area contributed by atoms with Crippen molar-refractivity contribution in [3.05, 3.63) is 41.0 Å². The van der Waals surface area contributed by atoms with Gasteiger partial charge in [0.05, 0.1) is 0 Å². The first kappa shape index (κ1) is 9.53. The van der Waals surface area contributed by atoms with E-state index >= 15 is 0 Å². The molecular weight excluding hydrogens is 212 g/mol. The molecule has 0 aliphatic carbocycles. The third-order valence-corrected chi connectivity index (χ3v) is 2.21. The van der Waals surface area contributed by atoms with E-state index in [1.807, 2.05) is 0 Å². The van der Waals surface area contributed by atoms with Gasteiger partial charge in [-0.15, -0.1) is 0 Å². The van der Waals surface area contributed by atoms with E-state index in [9.17, 15) is 0 Å². The summed E-state index contributed by atoms with van der Waals surface area (Å²) in [6.45, 7) is 4.22. The second-order valence-corrected chi connectivity index (χ2v) is 3.66. The van der Waals surface area contributed by atoms with Crippen LogP contribution >= 0.6 is 15.9 Å². The normalized spacial score (nSPS) is 9.58. The van der Waals surface area contributed by atoms with Gasteiger partial charge in [0, 0.05) is 5.33 Å². The Bertz CT molecular complexity index is 283. The van der Waals surface area contributed by atoms with Gasteiger partial charge in [-0.25, -0.2) is 0 Å². The van der Waals surface area contributed by atoms with E-state index in [1.54, 1.807) is 0 Å². The van der Waals surface area contributed by atoms with E-state index < -0.39 is 0 Å². The van der Waals surface area contributed by atoms with Gasteiger partial charge in [-0.05, 0) is 25.0 Å². The number of halogens is 1. The first-order chi connectivity index (χ1) is 5.72. The Hall–Kier alpha value is -0.560. The first-order valence-electron chi connectivity index (χ1n) is 4.02. The fraction of sp³-hybridized carbons (Fsp3) is 0.273. The zero-order valence-corrected chi connectivity index (χ0v) is 9.06. The van der Waals surface area contributed by atoms with Crippen molar-refractivity contribution in [2.24, 2.45) is 0 Å². The molecular formula is C11H13Br. The van der Waals surface area contributed by atoms with Crippen LogP contribution in [-0.2, 0) is 5.33 Å². The number of hydrogen-bond donors (Lipinski definition) is 0. The lowest BCUT2D eigenvalue weighted by molar-refractivity contribution is 1.39. The predicted molar refractivity (Wildman–Crippen MR) is 58.4 cm³/mol. The topological polar surface area (TPSA) is 0 Å². The molecule has 0 bridgehead atoms. The molecule has 0 aliphatic heterocycles. The van der Waals surface area contributed by atoms with Gasteiger partial charge in [-0.3, -0.25) is 0 Å². The summed E-state index contributed by atoms with van der Waals surface area (Å²) in [6, 6.07) is 8.53. The highest BCUT2D eigenvalue weighted by atomic mass is 79.9. The average molecular weight is 225 g/mol. The van der Waals surface area contributed by atoms with E-state index in [1.165, 1.54) is 16.7 Å². The summed E-state index contributed by atoms with van der Waals surface area (Å²) < 4.78 is 0. The number of allylic oxidation sites excluding steroid dienone is 1. The fourth-order valence-corrected chi connectivity index (χ4v) is 1.45. The van der Waals surface area contributed by atoms with E-state index in [2.05, 4.69) is 60.1 Å². The molecule has 0 heterocycles. The van der Waals surface area contributed by atoms with Gasteiger partial charge in [0.1, 0.15) is 0 Å². The average Bonchev–Trinajstić information content (AvgIpc) is 2.03. The second-order valence-electron chi connectivity index (χ2n) is 3.10. The van der Waals surface area contributed by atoms with Gasteiger partial charge in [-0.2, -0.15) is 0 Å². The summed E-state index contributed by atoms with van der Waals surface area (Å²) in [6.07, 6.45) is 2.19. The molecule has 0 radical (unpaired) electrons. The molecule has 0 N–H and O–H groups in total. The molecule has 1 aromatic rings. The van der Waals surface area contributed by atoms with E-state index in [4.69, 9.17) is 0 Å². The lowest BCUT2D eigenvalue weighted by Crippen LogP contribution is -1.78. The number of hydrogen-bond acceptors (Lipinski definition) is 0. The summed E-state index contributed by atoms with van der Waals surface area (Å²) in [5.74, 6) is 0. The summed E-state index contributed by atoms with van der Waals surface area (Å²) in [4.78, 5) is 0. The molecule has 1 rings (SSSR count). The number of benzene rings is 1. The Kier molecular flexibility index (Phi) is 3.54. The highest BCUT2D eigenvalue weighted by Crippen LogP contribution is 2.11. The number of alkyl halides is 1. The van der Waals surface area contributed by atoms with Crippen molar-refractivity contribution in [3.8, 4) is 0 Å². The molecule has 0 nitrogen and oxygen atoms in total. The van der Waals surface area contributed by atoms with Gasteiger partial charge in [0.2, 0.25) is 0 Å². The van der Waals surface area contributed by atoms with E-state index in [-0.39, 0.29) is 0 Å². The minimum absolute atomic E-state index is 0.928. The molecule has 0 saturated carbocycles. The summed E-state index contributed by atoms with van der Waals surface area (Å²) >= 11 is 3.44. The lowest BCUT2D eigenvalue weighted by atomic mass is 10.1. The standard InChI is InChI=1S/C11H13Br/c1-9(2)6-10-4-3-5-11(7-10)8-12/h3-7H,8H2,1-2H3. The monoisotopic (exact) mass is 224 g/mol. The fourth-order valence-electron chi connectivity index (χ4n) is 1.10. The zero-order chi connectivity index (χ0) is 8.97. The van der Waals surface area contributed by atoms with Crippen molar-refractivity contribution in [2.75, 3.05) is 0 Å². The van der Waals surface area contributed by atoms with E-state index in [0.29, 0.717) is 0 Å². The lowest BCUT2D eigenvalue weighted by Gasteiger charge is -1.98. The minimum Gasteiger partial charge on any atom is -0.0876 e. The Balaban J connectivity index is 2.94. The van der Waals surface area contributed by atoms with Crippen molar-refractivity contribution < 1.29 is 0 Å². The van der Waals surface area contributed by atoms with Gasteiger partial charge in [0.25, 0.3) is 0 Å². The van der Waals surface area contributed by atoms with Crippen LogP contribution in [0.25, 0.3) is 6.08 Å². The number of rotatable bonds is 2. The van der Waals surface area contributed by atoms with Crippen molar-refractivity contribution in [1.29, 1.82) is 0 Å². The second kappa shape index (κ2) is 4.46. The third kappa shape index (κ3) is 2.82. The molecule has 0 aliphatic rings. The SMILES string of the molecule is CC(C)=Cc1cccc(CBr)c1. The maximum atomic E-state index is 3.44. The van der Waals surface area contributed by atoms with Crippen LogP contribution < -0.4 is 0 Å². The van der Waals surface area contributed by atoms with Crippen LogP contribution in [0.2, 0.25) is 0 Å². The molecule has 0 amide bonds. The minimum atomic E-state index is 0.928. The third-order valence-electron chi connectivity index (χ3n) is 1.56. The molecule has 64 valence electrons. The van der Waals surface area contributed by atoms with Crippen LogP contribution in [0.15, 0.2) is 29.8 Å². The summed E-state index contributed by atoms with van der Waals surface area (Å²) in [5.41, 5.74) is 3.94. The zero-order valence-electron chi connectivity index (χ0n) is 7.47. The quantitative estimate of drug-likeness (QED) is 0.667. The molecule has 0 spiro atoms. The summed E-state index contributed by atoms with van der Waals surface area (Å²) in [5, 5.41) is 0.928. The van der Waals surface area contributed by atoms with Crippen molar-refractivity contribution >= 4 is 22.0 Å². The Labute approximate surface area is 82.4 Å². The van der Waals surface area contributed by atoms with Crippen LogP contribution in [-0.4, -0.2) is 0 Å². The molecule has 0 unspecified atom stereocenters. The molecule has 0 aromatic heterocycles. The van der Waals surface area contributed by atoms with Crippen LogP contribution in [0.5, 0.6) is 0 Å². The van der Waals surface area contributed by atoms with Gasteiger partial charge < -0.3 is 0 Å². The first-order valence-corrected chi connectivity index (χ1v) is 5.14. The van der Waals surface area contributed by atoms with Gasteiger partial charge in [-0.1, -0.05) is 51.8 Å². The Morgan fingerprint density at radius 1 is 1.42 bits per heavy atom. The molecule has 0 fully saturated rings. The highest BCUT2D eigenvalue weighted by Gasteiger charge is 1.90. The van der Waals surface area contributed by atoms with E-state index in [0.717, 1.165) is 5.33 Å². The Morgan fingerprint density at radius 2 is 2.17 bits per heavy atom. The molecule has 12 heavy (non-hydrogen) atoms. The van der Waals surface area contributed by atoms with Crippen molar-refractivity contribution in [2.45, 2.75) is 19.2 Å². The van der Waals surface area contributed by atoms with Gasteiger partial charge in [0.15, 0.2) is 0 Å². The summed E-state index contributed by atoms with van der Waals surface area (Å²) in [7, 11) is 0. The Morgan fingerprint density at radius 3 is 2.75 bits per heavy atom. The van der Waals surface area contributed by atoms with Crippen molar-refractivity contribution in [3.63, 3.8) is 0 Å².